The van der Waals surface area contributed by atoms with Gasteiger partial charge < -0.3 is 16.0 Å². The van der Waals surface area contributed by atoms with E-state index in [4.69, 9.17) is 5.73 Å². The van der Waals surface area contributed by atoms with Crippen LogP contribution in [0.3, 0.4) is 0 Å². The zero-order valence-electron chi connectivity index (χ0n) is 10.1. The molecule has 0 aliphatic heterocycles. The predicted octanol–water partition coefficient (Wildman–Crippen LogP) is 0.641. The number of nitrogens with zero attached hydrogens (tertiary/aromatic N) is 2. The summed E-state index contributed by atoms with van der Waals surface area (Å²) in [6.07, 6.45) is 1.06. The molecule has 0 aromatic heterocycles. The summed E-state index contributed by atoms with van der Waals surface area (Å²) in [5.74, 6) is 0.543. The van der Waals surface area contributed by atoms with Crippen molar-refractivity contribution < 1.29 is 0 Å². The Bertz CT molecular complexity index is 185. The van der Waals surface area contributed by atoms with Crippen LogP contribution in [0.4, 0.5) is 0 Å². The van der Waals surface area contributed by atoms with Crippen LogP contribution in [0.1, 0.15) is 27.2 Å². The second-order valence-electron chi connectivity index (χ2n) is 4.34. The van der Waals surface area contributed by atoms with Gasteiger partial charge in [-0.05, 0) is 34.4 Å². The van der Waals surface area contributed by atoms with E-state index in [-0.39, 0.29) is 5.54 Å². The van der Waals surface area contributed by atoms with Crippen LogP contribution in [0.15, 0.2) is 4.99 Å². The molecular formula is C10H24N4. The summed E-state index contributed by atoms with van der Waals surface area (Å²) < 4.78 is 0. The van der Waals surface area contributed by atoms with Gasteiger partial charge in [-0.2, -0.15) is 0 Å². The maximum absolute atomic E-state index is 5.69. The second-order valence-corrected chi connectivity index (χ2v) is 4.34. The standard InChI is InChI=1S/C10H24N4/c1-6-7-12-9(11)13-8-10(2,3)14(4)5/h6-8H2,1-5H3,(H3,11,12,13). The summed E-state index contributed by atoms with van der Waals surface area (Å²) in [5.41, 5.74) is 5.74. The van der Waals surface area contributed by atoms with E-state index in [1.807, 2.05) is 14.1 Å². The van der Waals surface area contributed by atoms with Crippen LogP contribution in [0.5, 0.6) is 0 Å². The van der Waals surface area contributed by atoms with E-state index in [2.05, 4.69) is 36.0 Å². The fourth-order valence-corrected chi connectivity index (χ4v) is 0.729. The number of hydrogen-bond acceptors (Lipinski definition) is 2. The number of rotatable bonds is 5. The molecule has 0 aromatic rings. The van der Waals surface area contributed by atoms with Gasteiger partial charge in [-0.25, -0.2) is 0 Å². The van der Waals surface area contributed by atoms with Crippen molar-refractivity contribution in [1.29, 1.82) is 0 Å². The van der Waals surface area contributed by atoms with Crippen LogP contribution >= 0.6 is 0 Å². The highest BCUT2D eigenvalue weighted by Crippen LogP contribution is 2.09. The molecule has 0 saturated heterocycles. The Morgan fingerprint density at radius 2 is 2.00 bits per heavy atom. The van der Waals surface area contributed by atoms with Gasteiger partial charge in [0.2, 0.25) is 0 Å². The molecule has 0 atom stereocenters. The lowest BCUT2D eigenvalue weighted by Gasteiger charge is -2.30. The average Bonchev–Trinajstić information content (AvgIpc) is 2.11. The van der Waals surface area contributed by atoms with Crippen molar-refractivity contribution in [3.05, 3.63) is 0 Å². The van der Waals surface area contributed by atoms with E-state index in [0.29, 0.717) is 12.5 Å². The lowest BCUT2D eigenvalue weighted by molar-refractivity contribution is 0.205. The fraction of sp³-hybridized carbons (Fsp3) is 0.900. The second kappa shape index (κ2) is 5.86. The Kier molecular flexibility index (Phi) is 5.53. The predicted molar refractivity (Wildman–Crippen MR) is 62.5 cm³/mol. The lowest BCUT2D eigenvalue weighted by Crippen LogP contribution is -2.42. The Morgan fingerprint density at radius 1 is 1.43 bits per heavy atom. The third-order valence-corrected chi connectivity index (χ3v) is 2.40. The molecule has 0 fully saturated rings. The zero-order valence-corrected chi connectivity index (χ0v) is 10.1. The number of likely N-dealkylation sites (N-methyl/N-ethyl adjacent to an activating group) is 1. The molecule has 14 heavy (non-hydrogen) atoms. The number of nitrogens with two attached hydrogens (primary N) is 1. The molecule has 0 spiro atoms. The fourth-order valence-electron chi connectivity index (χ4n) is 0.729. The first-order valence-corrected chi connectivity index (χ1v) is 5.11. The van der Waals surface area contributed by atoms with Gasteiger partial charge in [0.25, 0.3) is 0 Å². The van der Waals surface area contributed by atoms with Gasteiger partial charge in [-0.1, -0.05) is 6.92 Å². The van der Waals surface area contributed by atoms with E-state index in [0.717, 1.165) is 13.0 Å². The van der Waals surface area contributed by atoms with Gasteiger partial charge >= 0.3 is 0 Å². The summed E-state index contributed by atoms with van der Waals surface area (Å²) in [5, 5.41) is 3.05. The first-order chi connectivity index (χ1) is 6.40. The van der Waals surface area contributed by atoms with Crippen molar-refractivity contribution >= 4 is 5.96 Å². The molecule has 0 heterocycles. The van der Waals surface area contributed by atoms with Crippen LogP contribution in [0, 0.1) is 0 Å². The summed E-state index contributed by atoms with van der Waals surface area (Å²) in [6, 6.07) is 0. The van der Waals surface area contributed by atoms with Gasteiger partial charge in [0.15, 0.2) is 5.96 Å². The average molecular weight is 200 g/mol. The molecule has 0 aliphatic rings. The van der Waals surface area contributed by atoms with Gasteiger partial charge in [0.05, 0.1) is 6.54 Å². The van der Waals surface area contributed by atoms with Crippen molar-refractivity contribution in [3.8, 4) is 0 Å². The van der Waals surface area contributed by atoms with E-state index in [1.54, 1.807) is 0 Å². The van der Waals surface area contributed by atoms with Gasteiger partial charge in [0, 0.05) is 12.1 Å². The molecule has 0 aromatic carbocycles. The van der Waals surface area contributed by atoms with Crippen LogP contribution in [-0.4, -0.2) is 43.6 Å². The monoisotopic (exact) mass is 200 g/mol. The van der Waals surface area contributed by atoms with Crippen molar-refractivity contribution in [1.82, 2.24) is 10.2 Å². The van der Waals surface area contributed by atoms with Crippen molar-refractivity contribution in [2.24, 2.45) is 10.7 Å². The molecule has 4 nitrogen and oxygen atoms in total. The molecule has 3 N–H and O–H groups in total. The topological polar surface area (TPSA) is 53.6 Å². The molecule has 0 bridgehead atoms. The third kappa shape index (κ3) is 5.07. The molecule has 0 rings (SSSR count). The highest BCUT2D eigenvalue weighted by Gasteiger charge is 2.19. The molecular weight excluding hydrogens is 176 g/mol. The minimum Gasteiger partial charge on any atom is -0.370 e. The van der Waals surface area contributed by atoms with Gasteiger partial charge in [-0.3, -0.25) is 4.99 Å². The third-order valence-electron chi connectivity index (χ3n) is 2.40. The van der Waals surface area contributed by atoms with Gasteiger partial charge in [-0.15, -0.1) is 0 Å². The quantitative estimate of drug-likeness (QED) is 0.506. The molecule has 84 valence electrons. The first kappa shape index (κ1) is 13.2. The maximum atomic E-state index is 5.69. The van der Waals surface area contributed by atoms with Crippen molar-refractivity contribution in [2.45, 2.75) is 32.7 Å². The van der Waals surface area contributed by atoms with E-state index in [1.165, 1.54) is 0 Å². The van der Waals surface area contributed by atoms with Crippen LogP contribution < -0.4 is 11.1 Å². The highest BCUT2D eigenvalue weighted by molar-refractivity contribution is 5.77. The van der Waals surface area contributed by atoms with Crippen LogP contribution in [0.25, 0.3) is 0 Å². The molecule has 0 aliphatic carbocycles. The van der Waals surface area contributed by atoms with Crippen LogP contribution in [-0.2, 0) is 0 Å². The normalized spacial score (nSPS) is 13.4. The highest BCUT2D eigenvalue weighted by atomic mass is 15.2. The number of guanidine groups is 1. The summed E-state index contributed by atoms with van der Waals surface area (Å²) in [7, 11) is 4.09. The maximum Gasteiger partial charge on any atom is 0.188 e. The van der Waals surface area contributed by atoms with Gasteiger partial charge in [0.1, 0.15) is 0 Å². The van der Waals surface area contributed by atoms with E-state index >= 15 is 0 Å². The number of aliphatic imine (C=N–C) groups is 1. The molecule has 4 heteroatoms. The minimum atomic E-state index is 0.0541. The zero-order chi connectivity index (χ0) is 11.2. The molecule has 0 amide bonds. The summed E-state index contributed by atoms with van der Waals surface area (Å²) in [4.78, 5) is 6.44. The summed E-state index contributed by atoms with van der Waals surface area (Å²) >= 11 is 0. The minimum absolute atomic E-state index is 0.0541. The lowest BCUT2D eigenvalue weighted by atomic mass is 10.1. The SMILES string of the molecule is CCCNC(N)=NCC(C)(C)N(C)C. The molecule has 0 saturated carbocycles. The van der Waals surface area contributed by atoms with E-state index < -0.39 is 0 Å². The number of hydrogen-bond donors (Lipinski definition) is 2. The Labute approximate surface area is 87.6 Å². The Balaban J connectivity index is 4.00. The van der Waals surface area contributed by atoms with E-state index in [9.17, 15) is 0 Å². The summed E-state index contributed by atoms with van der Waals surface area (Å²) in [6.45, 7) is 7.98. The van der Waals surface area contributed by atoms with Crippen molar-refractivity contribution in [3.63, 3.8) is 0 Å². The Morgan fingerprint density at radius 3 is 2.43 bits per heavy atom. The molecule has 0 unspecified atom stereocenters. The van der Waals surface area contributed by atoms with Crippen LogP contribution in [0.2, 0.25) is 0 Å². The Hall–Kier alpha value is -0.770. The first-order valence-electron chi connectivity index (χ1n) is 5.11. The number of nitrogens with one attached hydrogen (secondary N) is 1. The van der Waals surface area contributed by atoms with Crippen molar-refractivity contribution in [2.75, 3.05) is 27.2 Å². The molecule has 0 radical (unpaired) electrons. The smallest absolute Gasteiger partial charge is 0.188 e. The largest absolute Gasteiger partial charge is 0.370 e.